The quantitative estimate of drug-likeness (QED) is 0.745. The maximum absolute atomic E-state index is 8.99. The first-order valence-corrected chi connectivity index (χ1v) is 5.17. The van der Waals surface area contributed by atoms with Crippen molar-refractivity contribution in [3.05, 3.63) is 29.8 Å². The van der Waals surface area contributed by atoms with Gasteiger partial charge in [0, 0.05) is 19.1 Å². The molecule has 3 nitrogen and oxygen atoms in total. The molecule has 1 aromatic rings. The molecule has 2 N–H and O–H groups in total. The van der Waals surface area contributed by atoms with Gasteiger partial charge in [-0.3, -0.25) is 0 Å². The molecule has 1 atom stereocenters. The maximum atomic E-state index is 8.99. The van der Waals surface area contributed by atoms with E-state index in [0.29, 0.717) is 13.0 Å². The van der Waals surface area contributed by atoms with Crippen LogP contribution in [0.4, 0.5) is 0 Å². The Kier molecular flexibility index (Phi) is 5.15. The number of aliphatic hydroxyl groups excluding tert-OH is 2. The van der Waals surface area contributed by atoms with E-state index in [1.54, 1.807) is 0 Å². The molecule has 1 aromatic carbocycles. The van der Waals surface area contributed by atoms with Gasteiger partial charge in [-0.15, -0.1) is 0 Å². The van der Waals surface area contributed by atoms with Crippen molar-refractivity contribution in [3.8, 4) is 5.75 Å². The van der Waals surface area contributed by atoms with Gasteiger partial charge < -0.3 is 14.9 Å². The Bertz CT molecular complexity index is 269. The fourth-order valence-corrected chi connectivity index (χ4v) is 1.26. The standard InChI is InChI=1S/C12H18O3/c1-10-2-4-12(5-3-10)15-9-11(8-14)6-7-13/h2-5,11,13-14H,6-9H2,1H3. The van der Waals surface area contributed by atoms with Crippen LogP contribution in [0.3, 0.4) is 0 Å². The first kappa shape index (κ1) is 12.0. The van der Waals surface area contributed by atoms with Crippen LogP contribution in [0, 0.1) is 12.8 Å². The summed E-state index contributed by atoms with van der Waals surface area (Å²) in [6.07, 6.45) is 0.572. The summed E-state index contributed by atoms with van der Waals surface area (Å²) in [7, 11) is 0. The summed E-state index contributed by atoms with van der Waals surface area (Å²) in [4.78, 5) is 0. The molecule has 0 aliphatic heterocycles. The van der Waals surface area contributed by atoms with Crippen molar-refractivity contribution in [2.24, 2.45) is 5.92 Å². The lowest BCUT2D eigenvalue weighted by Crippen LogP contribution is -2.17. The van der Waals surface area contributed by atoms with E-state index in [1.807, 2.05) is 31.2 Å². The molecule has 0 amide bonds. The van der Waals surface area contributed by atoms with E-state index in [4.69, 9.17) is 14.9 Å². The molecule has 0 aromatic heterocycles. The molecule has 15 heavy (non-hydrogen) atoms. The molecule has 0 radical (unpaired) electrons. The van der Waals surface area contributed by atoms with E-state index >= 15 is 0 Å². The first-order chi connectivity index (χ1) is 7.26. The van der Waals surface area contributed by atoms with Gasteiger partial charge in [0.05, 0.1) is 6.61 Å². The highest BCUT2D eigenvalue weighted by atomic mass is 16.5. The van der Waals surface area contributed by atoms with Gasteiger partial charge in [-0.05, 0) is 25.5 Å². The second-order valence-electron chi connectivity index (χ2n) is 3.68. The largest absolute Gasteiger partial charge is 0.493 e. The number of aliphatic hydroxyl groups is 2. The van der Waals surface area contributed by atoms with Crippen molar-refractivity contribution in [1.82, 2.24) is 0 Å². The number of hydrogen-bond acceptors (Lipinski definition) is 3. The van der Waals surface area contributed by atoms with Crippen LogP contribution < -0.4 is 4.74 Å². The fourth-order valence-electron chi connectivity index (χ4n) is 1.26. The lowest BCUT2D eigenvalue weighted by Gasteiger charge is -2.13. The molecule has 1 rings (SSSR count). The van der Waals surface area contributed by atoms with Crippen molar-refractivity contribution in [2.45, 2.75) is 13.3 Å². The molecule has 0 aliphatic carbocycles. The predicted octanol–water partition coefficient (Wildman–Crippen LogP) is 1.36. The van der Waals surface area contributed by atoms with Gasteiger partial charge in [0.25, 0.3) is 0 Å². The highest BCUT2D eigenvalue weighted by Crippen LogP contribution is 2.13. The zero-order chi connectivity index (χ0) is 11.1. The van der Waals surface area contributed by atoms with Gasteiger partial charge >= 0.3 is 0 Å². The van der Waals surface area contributed by atoms with Gasteiger partial charge in [-0.1, -0.05) is 17.7 Å². The zero-order valence-corrected chi connectivity index (χ0v) is 9.02. The minimum absolute atomic E-state index is 0.0105. The molecule has 0 saturated heterocycles. The summed E-state index contributed by atoms with van der Waals surface area (Å²) >= 11 is 0. The monoisotopic (exact) mass is 210 g/mol. The topological polar surface area (TPSA) is 49.7 Å². The molecule has 84 valence electrons. The van der Waals surface area contributed by atoms with Crippen LogP contribution in [0.2, 0.25) is 0 Å². The van der Waals surface area contributed by atoms with E-state index in [2.05, 4.69) is 0 Å². The van der Waals surface area contributed by atoms with Gasteiger partial charge in [-0.2, -0.15) is 0 Å². The number of rotatable bonds is 6. The molecular weight excluding hydrogens is 192 g/mol. The Balaban J connectivity index is 2.38. The van der Waals surface area contributed by atoms with E-state index < -0.39 is 0 Å². The normalized spacial score (nSPS) is 12.5. The van der Waals surface area contributed by atoms with Crippen molar-refractivity contribution >= 4 is 0 Å². The van der Waals surface area contributed by atoms with Crippen molar-refractivity contribution in [2.75, 3.05) is 19.8 Å². The third-order valence-electron chi connectivity index (χ3n) is 2.30. The summed E-state index contributed by atoms with van der Waals surface area (Å²) in [6.45, 7) is 2.60. The SMILES string of the molecule is Cc1ccc(OCC(CO)CCO)cc1. The minimum Gasteiger partial charge on any atom is -0.493 e. The highest BCUT2D eigenvalue weighted by Gasteiger charge is 2.07. The second kappa shape index (κ2) is 6.43. The van der Waals surface area contributed by atoms with E-state index in [1.165, 1.54) is 5.56 Å². The van der Waals surface area contributed by atoms with Gasteiger partial charge in [-0.25, -0.2) is 0 Å². The van der Waals surface area contributed by atoms with Crippen LogP contribution in [0.15, 0.2) is 24.3 Å². The number of hydrogen-bond donors (Lipinski definition) is 2. The van der Waals surface area contributed by atoms with Crippen LogP contribution in [0.25, 0.3) is 0 Å². The first-order valence-electron chi connectivity index (χ1n) is 5.17. The van der Waals surface area contributed by atoms with Gasteiger partial charge in [0.2, 0.25) is 0 Å². The summed E-state index contributed by atoms with van der Waals surface area (Å²) < 4.78 is 5.50. The van der Waals surface area contributed by atoms with Crippen molar-refractivity contribution in [3.63, 3.8) is 0 Å². The Morgan fingerprint density at radius 3 is 2.40 bits per heavy atom. The molecule has 0 heterocycles. The van der Waals surface area contributed by atoms with Crippen LogP contribution in [0.1, 0.15) is 12.0 Å². The van der Waals surface area contributed by atoms with Crippen LogP contribution in [-0.2, 0) is 0 Å². The van der Waals surface area contributed by atoms with Crippen LogP contribution >= 0.6 is 0 Å². The molecule has 0 spiro atoms. The predicted molar refractivity (Wildman–Crippen MR) is 59.0 cm³/mol. The highest BCUT2D eigenvalue weighted by molar-refractivity contribution is 5.26. The van der Waals surface area contributed by atoms with Crippen LogP contribution in [-0.4, -0.2) is 30.0 Å². The summed E-state index contributed by atoms with van der Waals surface area (Å²) in [6, 6.07) is 7.77. The molecule has 0 aliphatic rings. The van der Waals surface area contributed by atoms with Crippen molar-refractivity contribution < 1.29 is 14.9 Å². The summed E-state index contributed by atoms with van der Waals surface area (Å²) in [5.41, 5.74) is 1.19. The van der Waals surface area contributed by atoms with Gasteiger partial charge in [0.1, 0.15) is 5.75 Å². The van der Waals surface area contributed by atoms with Crippen LogP contribution in [0.5, 0.6) is 5.75 Å². The fraction of sp³-hybridized carbons (Fsp3) is 0.500. The Morgan fingerprint density at radius 1 is 1.20 bits per heavy atom. The number of ether oxygens (including phenoxy) is 1. The summed E-state index contributed by atoms with van der Waals surface area (Å²) in [5.74, 6) is 0.813. The molecular formula is C12H18O3. The number of benzene rings is 1. The lowest BCUT2D eigenvalue weighted by molar-refractivity contribution is 0.134. The molecule has 1 unspecified atom stereocenters. The average molecular weight is 210 g/mol. The zero-order valence-electron chi connectivity index (χ0n) is 9.02. The molecule has 3 heteroatoms. The van der Waals surface area contributed by atoms with Crippen molar-refractivity contribution in [1.29, 1.82) is 0 Å². The van der Waals surface area contributed by atoms with E-state index in [9.17, 15) is 0 Å². The molecule has 0 bridgehead atoms. The lowest BCUT2D eigenvalue weighted by atomic mass is 10.1. The van der Waals surface area contributed by atoms with Gasteiger partial charge in [0.15, 0.2) is 0 Å². The Labute approximate surface area is 90.3 Å². The minimum atomic E-state index is 0.0105. The van der Waals surface area contributed by atoms with E-state index in [0.717, 1.165) is 5.75 Å². The van der Waals surface area contributed by atoms with E-state index in [-0.39, 0.29) is 19.1 Å². The average Bonchev–Trinajstić information content (AvgIpc) is 2.26. The maximum Gasteiger partial charge on any atom is 0.119 e. The molecule has 0 fully saturated rings. The number of aryl methyl sites for hydroxylation is 1. The Morgan fingerprint density at radius 2 is 1.87 bits per heavy atom. The molecule has 0 saturated carbocycles. The third-order valence-corrected chi connectivity index (χ3v) is 2.30. The third kappa shape index (κ3) is 4.32. The second-order valence-corrected chi connectivity index (χ2v) is 3.68. The smallest absolute Gasteiger partial charge is 0.119 e. The summed E-state index contributed by atoms with van der Waals surface area (Å²) in [5, 5.41) is 17.7. The Hall–Kier alpha value is -1.06.